The zero-order valence-corrected chi connectivity index (χ0v) is 12.4. The summed E-state index contributed by atoms with van der Waals surface area (Å²) < 4.78 is 5.97. The van der Waals surface area contributed by atoms with Crippen LogP contribution in [0.25, 0.3) is 0 Å². The highest BCUT2D eigenvalue weighted by Gasteiger charge is 2.23. The Morgan fingerprint density at radius 2 is 2.10 bits per heavy atom. The van der Waals surface area contributed by atoms with E-state index in [0.717, 1.165) is 10.8 Å². The Hall–Kier alpha value is -2.46. The predicted molar refractivity (Wildman–Crippen MR) is 80.5 cm³/mol. The maximum atomic E-state index is 11.2. The smallest absolute Gasteiger partial charge is 0.354 e. The van der Waals surface area contributed by atoms with Crippen molar-refractivity contribution < 1.29 is 9.66 Å². The molecule has 0 amide bonds. The summed E-state index contributed by atoms with van der Waals surface area (Å²) in [6.45, 7) is 0. The van der Waals surface area contributed by atoms with Crippen LogP contribution in [0, 0.1) is 10.1 Å². The summed E-state index contributed by atoms with van der Waals surface area (Å²) in [5.41, 5.74) is 2.32. The lowest BCUT2D eigenvalue weighted by atomic mass is 10.3. The van der Waals surface area contributed by atoms with Gasteiger partial charge in [0.15, 0.2) is 0 Å². The molecule has 0 fully saturated rings. The molecule has 4 N–H and O–H groups in total. The van der Waals surface area contributed by atoms with Gasteiger partial charge in [0.2, 0.25) is 11.6 Å². The summed E-state index contributed by atoms with van der Waals surface area (Å²) in [7, 11) is 1.50. The Morgan fingerprint density at radius 1 is 1.38 bits per heavy atom. The Labute approximate surface area is 127 Å². The monoisotopic (exact) mass is 354 g/mol. The number of benzene rings is 1. The van der Waals surface area contributed by atoms with Gasteiger partial charge in [-0.25, -0.2) is 15.8 Å². The Balaban J connectivity index is 2.49. The Kier molecular flexibility index (Phi) is 4.50. The number of anilines is 3. The average Bonchev–Trinajstić information content (AvgIpc) is 2.47. The number of hydrazine groups is 1. The summed E-state index contributed by atoms with van der Waals surface area (Å²) in [5, 5.41) is 14.0. The van der Waals surface area contributed by atoms with Crippen LogP contribution < -0.4 is 21.3 Å². The van der Waals surface area contributed by atoms with Crippen LogP contribution in [0.15, 0.2) is 29.0 Å². The lowest BCUT2D eigenvalue weighted by Crippen LogP contribution is -2.13. The van der Waals surface area contributed by atoms with Crippen molar-refractivity contribution in [1.82, 2.24) is 9.97 Å². The summed E-state index contributed by atoms with van der Waals surface area (Å²) in [4.78, 5) is 18.1. The fraction of sp³-hybridized carbons (Fsp3) is 0.0909. The molecule has 0 unspecified atom stereocenters. The molecule has 0 radical (unpaired) electrons. The first-order valence-corrected chi connectivity index (χ1v) is 6.42. The van der Waals surface area contributed by atoms with Crippen molar-refractivity contribution in [2.45, 2.75) is 0 Å². The third-order valence-corrected chi connectivity index (χ3v) is 3.05. The average molecular weight is 355 g/mol. The van der Waals surface area contributed by atoms with Gasteiger partial charge in [-0.05, 0) is 18.2 Å². The van der Waals surface area contributed by atoms with E-state index in [1.807, 2.05) is 0 Å². The summed E-state index contributed by atoms with van der Waals surface area (Å²) >= 11 is 3.32. The van der Waals surface area contributed by atoms with Crippen molar-refractivity contribution in [3.8, 4) is 5.75 Å². The number of nitrogen functional groups attached to an aromatic ring is 1. The molecule has 21 heavy (non-hydrogen) atoms. The van der Waals surface area contributed by atoms with Gasteiger partial charge in [0.25, 0.3) is 0 Å². The second-order valence-corrected chi connectivity index (χ2v) is 4.71. The van der Waals surface area contributed by atoms with Crippen LogP contribution in [-0.4, -0.2) is 22.0 Å². The van der Waals surface area contributed by atoms with Gasteiger partial charge >= 0.3 is 5.69 Å². The summed E-state index contributed by atoms with van der Waals surface area (Å²) in [6, 6.07) is 5.20. The molecule has 0 aliphatic carbocycles. The molecule has 10 heteroatoms. The predicted octanol–water partition coefficient (Wildman–Crippen LogP) is 2.19. The minimum absolute atomic E-state index is 0.000602. The zero-order chi connectivity index (χ0) is 15.4. The normalized spacial score (nSPS) is 10.0. The molecule has 0 saturated heterocycles. The number of methoxy groups -OCH3 is 1. The first kappa shape index (κ1) is 14.9. The number of nitrogens with one attached hydrogen (secondary N) is 2. The standard InChI is InChI=1S/C11H11BrN6O3/c1-21-8-3-2-6(12)4-7(8)16-10-9(18(19)20)11(17-13)15-5-14-10/h2-5H,13H2,1H3,(H2,14,15,16,17). The molecule has 1 aromatic carbocycles. The number of nitro groups is 1. The van der Waals surface area contributed by atoms with Crippen molar-refractivity contribution in [2.24, 2.45) is 5.84 Å². The molecule has 2 rings (SSSR count). The SMILES string of the molecule is COc1ccc(Br)cc1Nc1ncnc(NN)c1[N+](=O)[O-]. The fourth-order valence-electron chi connectivity index (χ4n) is 1.65. The first-order chi connectivity index (χ1) is 10.1. The maximum absolute atomic E-state index is 11.2. The maximum Gasteiger partial charge on any atom is 0.354 e. The number of hydrogen-bond donors (Lipinski definition) is 3. The summed E-state index contributed by atoms with van der Waals surface area (Å²) in [6.07, 6.45) is 1.16. The number of nitrogens with zero attached hydrogens (tertiary/aromatic N) is 3. The van der Waals surface area contributed by atoms with Crippen LogP contribution in [-0.2, 0) is 0 Å². The molecule has 0 saturated carbocycles. The zero-order valence-electron chi connectivity index (χ0n) is 10.8. The van der Waals surface area contributed by atoms with Crippen molar-refractivity contribution in [3.05, 3.63) is 39.1 Å². The van der Waals surface area contributed by atoms with Gasteiger partial charge < -0.3 is 15.5 Å². The molecule has 9 nitrogen and oxygen atoms in total. The van der Waals surface area contributed by atoms with E-state index in [-0.39, 0.29) is 17.3 Å². The molecule has 1 aromatic heterocycles. The minimum atomic E-state index is -0.623. The van der Waals surface area contributed by atoms with Crippen molar-refractivity contribution >= 4 is 38.9 Å². The molecular formula is C11H11BrN6O3. The molecule has 110 valence electrons. The fourth-order valence-corrected chi connectivity index (χ4v) is 2.02. The lowest BCUT2D eigenvalue weighted by molar-refractivity contribution is -0.383. The topological polar surface area (TPSA) is 128 Å². The van der Waals surface area contributed by atoms with Crippen LogP contribution in [0.3, 0.4) is 0 Å². The highest BCUT2D eigenvalue weighted by molar-refractivity contribution is 9.10. The molecule has 0 atom stereocenters. The van der Waals surface area contributed by atoms with E-state index < -0.39 is 4.92 Å². The molecule has 0 aliphatic rings. The molecule has 2 aromatic rings. The van der Waals surface area contributed by atoms with E-state index in [2.05, 4.69) is 36.6 Å². The van der Waals surface area contributed by atoms with Crippen LogP contribution in [0.1, 0.15) is 0 Å². The molecule has 0 aliphatic heterocycles. The number of rotatable bonds is 5. The number of ether oxygens (including phenoxy) is 1. The highest BCUT2D eigenvalue weighted by Crippen LogP contribution is 2.35. The molecular weight excluding hydrogens is 344 g/mol. The lowest BCUT2D eigenvalue weighted by Gasteiger charge is -2.11. The Bertz CT molecular complexity index is 681. The minimum Gasteiger partial charge on any atom is -0.495 e. The first-order valence-electron chi connectivity index (χ1n) is 5.63. The van der Waals surface area contributed by atoms with Gasteiger partial charge in [0, 0.05) is 4.47 Å². The number of halogens is 1. The second kappa shape index (κ2) is 6.33. The van der Waals surface area contributed by atoms with Crippen LogP contribution in [0.5, 0.6) is 5.75 Å². The van der Waals surface area contributed by atoms with E-state index in [9.17, 15) is 10.1 Å². The van der Waals surface area contributed by atoms with Crippen molar-refractivity contribution in [3.63, 3.8) is 0 Å². The van der Waals surface area contributed by atoms with E-state index in [1.54, 1.807) is 18.2 Å². The third-order valence-electron chi connectivity index (χ3n) is 2.56. The van der Waals surface area contributed by atoms with E-state index in [0.29, 0.717) is 11.4 Å². The molecule has 0 bridgehead atoms. The largest absolute Gasteiger partial charge is 0.495 e. The number of hydrogen-bond acceptors (Lipinski definition) is 8. The molecule has 1 heterocycles. The van der Waals surface area contributed by atoms with Gasteiger partial charge in [-0.3, -0.25) is 10.1 Å². The van der Waals surface area contributed by atoms with Crippen molar-refractivity contribution in [1.29, 1.82) is 0 Å². The van der Waals surface area contributed by atoms with Gasteiger partial charge in [0.05, 0.1) is 17.7 Å². The van der Waals surface area contributed by atoms with Gasteiger partial charge in [-0.1, -0.05) is 15.9 Å². The molecule has 0 spiro atoms. The summed E-state index contributed by atoms with van der Waals surface area (Å²) in [5.74, 6) is 5.64. The van der Waals surface area contributed by atoms with Crippen LogP contribution in [0.4, 0.5) is 23.0 Å². The highest BCUT2D eigenvalue weighted by atomic mass is 79.9. The van der Waals surface area contributed by atoms with Crippen molar-refractivity contribution in [2.75, 3.05) is 17.9 Å². The van der Waals surface area contributed by atoms with E-state index in [1.165, 1.54) is 7.11 Å². The van der Waals surface area contributed by atoms with Gasteiger partial charge in [-0.2, -0.15) is 0 Å². The number of nitrogens with two attached hydrogens (primary N) is 1. The van der Waals surface area contributed by atoms with Gasteiger partial charge in [-0.15, -0.1) is 0 Å². The van der Waals surface area contributed by atoms with E-state index >= 15 is 0 Å². The second-order valence-electron chi connectivity index (χ2n) is 3.79. The van der Waals surface area contributed by atoms with Gasteiger partial charge in [0.1, 0.15) is 12.1 Å². The van der Waals surface area contributed by atoms with Crippen LogP contribution >= 0.6 is 15.9 Å². The number of aromatic nitrogens is 2. The van der Waals surface area contributed by atoms with E-state index in [4.69, 9.17) is 10.6 Å². The Morgan fingerprint density at radius 3 is 2.71 bits per heavy atom. The third kappa shape index (κ3) is 3.17. The van der Waals surface area contributed by atoms with Crippen LogP contribution in [0.2, 0.25) is 0 Å². The quantitative estimate of drug-likeness (QED) is 0.423.